The van der Waals surface area contributed by atoms with Crippen LogP contribution >= 0.6 is 0 Å². The third-order valence-electron chi connectivity index (χ3n) is 5.38. The molecule has 0 bridgehead atoms. The molecule has 1 saturated heterocycles. The zero-order chi connectivity index (χ0) is 14.5. The highest BCUT2D eigenvalue weighted by Gasteiger charge is 2.28. The lowest BCUT2D eigenvalue weighted by atomic mass is 9.78. The van der Waals surface area contributed by atoms with Crippen molar-refractivity contribution in [2.45, 2.75) is 58.0 Å². The number of carbonyl (C=O) groups excluding carboxylic acids is 1. The largest absolute Gasteiger partial charge is 0.352 e. The SMILES string of the molecule is CC1CCCC(NC(=O)CN(C)C2CCNCC2)C1C. The van der Waals surface area contributed by atoms with Crippen LogP contribution in [0.5, 0.6) is 0 Å². The Morgan fingerprint density at radius 2 is 1.90 bits per heavy atom. The number of nitrogens with one attached hydrogen (secondary N) is 2. The highest BCUT2D eigenvalue weighted by Crippen LogP contribution is 2.29. The van der Waals surface area contributed by atoms with Gasteiger partial charge in [0.15, 0.2) is 0 Å². The van der Waals surface area contributed by atoms with Crippen molar-refractivity contribution in [1.82, 2.24) is 15.5 Å². The Bertz CT molecular complexity index is 315. The Kier molecular flexibility index (Phi) is 5.85. The summed E-state index contributed by atoms with van der Waals surface area (Å²) in [4.78, 5) is 14.5. The van der Waals surface area contributed by atoms with Crippen molar-refractivity contribution < 1.29 is 4.79 Å². The predicted molar refractivity (Wildman–Crippen MR) is 82.6 cm³/mol. The van der Waals surface area contributed by atoms with Crippen molar-refractivity contribution >= 4 is 5.91 Å². The predicted octanol–water partition coefficient (Wildman–Crippen LogP) is 1.61. The van der Waals surface area contributed by atoms with Crippen molar-refractivity contribution in [3.05, 3.63) is 0 Å². The van der Waals surface area contributed by atoms with Crippen LogP contribution < -0.4 is 10.6 Å². The normalized spacial score (nSPS) is 32.3. The van der Waals surface area contributed by atoms with E-state index in [4.69, 9.17) is 0 Å². The summed E-state index contributed by atoms with van der Waals surface area (Å²) in [5.74, 6) is 1.55. The molecule has 1 aliphatic heterocycles. The number of nitrogens with zero attached hydrogens (tertiary/aromatic N) is 1. The van der Waals surface area contributed by atoms with Gasteiger partial charge in [0, 0.05) is 12.1 Å². The molecule has 3 atom stereocenters. The standard InChI is InChI=1S/C16H31N3O/c1-12-5-4-6-15(13(12)2)18-16(20)11-19(3)14-7-9-17-10-8-14/h12-15,17H,4-11H2,1-3H3,(H,18,20). The first-order valence-electron chi connectivity index (χ1n) is 8.28. The van der Waals surface area contributed by atoms with Gasteiger partial charge in [0.2, 0.25) is 5.91 Å². The van der Waals surface area contributed by atoms with Crippen LogP contribution in [-0.2, 0) is 4.79 Å². The van der Waals surface area contributed by atoms with E-state index < -0.39 is 0 Å². The molecule has 2 fully saturated rings. The highest BCUT2D eigenvalue weighted by molar-refractivity contribution is 5.78. The summed E-state index contributed by atoms with van der Waals surface area (Å²) in [5, 5.41) is 6.64. The molecule has 0 aromatic heterocycles. The van der Waals surface area contributed by atoms with Crippen LogP contribution in [-0.4, -0.2) is 49.6 Å². The van der Waals surface area contributed by atoms with Crippen LogP contribution in [0.25, 0.3) is 0 Å². The quantitative estimate of drug-likeness (QED) is 0.823. The van der Waals surface area contributed by atoms with Crippen molar-refractivity contribution in [3.63, 3.8) is 0 Å². The lowest BCUT2D eigenvalue weighted by Crippen LogP contribution is -2.49. The number of carbonyl (C=O) groups is 1. The van der Waals surface area contributed by atoms with E-state index in [0.29, 0.717) is 24.5 Å². The maximum atomic E-state index is 12.2. The van der Waals surface area contributed by atoms with E-state index in [1.54, 1.807) is 0 Å². The van der Waals surface area contributed by atoms with Gasteiger partial charge < -0.3 is 10.6 Å². The van der Waals surface area contributed by atoms with Gasteiger partial charge in [0.1, 0.15) is 0 Å². The molecular formula is C16H31N3O. The van der Waals surface area contributed by atoms with Gasteiger partial charge in [-0.3, -0.25) is 9.69 Å². The third-order valence-corrected chi connectivity index (χ3v) is 5.38. The monoisotopic (exact) mass is 281 g/mol. The molecule has 4 heteroatoms. The summed E-state index contributed by atoms with van der Waals surface area (Å²) in [6.07, 6.45) is 6.01. The maximum Gasteiger partial charge on any atom is 0.234 e. The van der Waals surface area contributed by atoms with E-state index in [1.165, 1.54) is 12.8 Å². The van der Waals surface area contributed by atoms with Crippen LogP contribution in [0.2, 0.25) is 0 Å². The highest BCUT2D eigenvalue weighted by atomic mass is 16.2. The van der Waals surface area contributed by atoms with Crippen LogP contribution in [0.15, 0.2) is 0 Å². The Balaban J connectivity index is 1.76. The van der Waals surface area contributed by atoms with Gasteiger partial charge in [0.05, 0.1) is 6.54 Å². The molecule has 2 rings (SSSR count). The Morgan fingerprint density at radius 3 is 2.60 bits per heavy atom. The maximum absolute atomic E-state index is 12.2. The molecule has 4 nitrogen and oxygen atoms in total. The number of piperidine rings is 1. The van der Waals surface area contributed by atoms with Crippen LogP contribution in [0.3, 0.4) is 0 Å². The average Bonchev–Trinajstić information content (AvgIpc) is 2.45. The van der Waals surface area contributed by atoms with Gasteiger partial charge >= 0.3 is 0 Å². The Hall–Kier alpha value is -0.610. The van der Waals surface area contributed by atoms with Crippen molar-refractivity contribution in [3.8, 4) is 0 Å². The summed E-state index contributed by atoms with van der Waals surface area (Å²) in [5.41, 5.74) is 0. The second-order valence-corrected chi connectivity index (χ2v) is 6.84. The topological polar surface area (TPSA) is 44.4 Å². The summed E-state index contributed by atoms with van der Waals surface area (Å²) in [6.45, 7) is 7.29. The summed E-state index contributed by atoms with van der Waals surface area (Å²) in [6, 6.07) is 0.942. The molecule has 0 aromatic rings. The van der Waals surface area contributed by atoms with Gasteiger partial charge in [-0.15, -0.1) is 0 Å². The summed E-state index contributed by atoms with van der Waals surface area (Å²) in [7, 11) is 2.09. The second-order valence-electron chi connectivity index (χ2n) is 6.84. The van der Waals surface area contributed by atoms with Crippen LogP contribution in [0, 0.1) is 11.8 Å². The minimum absolute atomic E-state index is 0.206. The summed E-state index contributed by atoms with van der Waals surface area (Å²) >= 11 is 0. The number of hydrogen-bond acceptors (Lipinski definition) is 3. The van der Waals surface area contributed by atoms with Gasteiger partial charge in [0.25, 0.3) is 0 Å². The molecule has 1 heterocycles. The van der Waals surface area contributed by atoms with Crippen LogP contribution in [0.1, 0.15) is 46.0 Å². The van der Waals surface area contributed by atoms with E-state index in [2.05, 4.69) is 36.4 Å². The molecule has 1 aliphatic carbocycles. The van der Waals surface area contributed by atoms with E-state index in [1.807, 2.05) is 0 Å². The van der Waals surface area contributed by atoms with E-state index >= 15 is 0 Å². The molecule has 0 spiro atoms. The van der Waals surface area contributed by atoms with E-state index in [9.17, 15) is 4.79 Å². The molecule has 0 aromatic carbocycles. The molecule has 1 amide bonds. The van der Waals surface area contributed by atoms with E-state index in [0.717, 1.165) is 38.3 Å². The molecule has 1 saturated carbocycles. The smallest absolute Gasteiger partial charge is 0.234 e. The fourth-order valence-electron chi connectivity index (χ4n) is 3.64. The minimum atomic E-state index is 0.206. The van der Waals surface area contributed by atoms with Crippen molar-refractivity contribution in [2.75, 3.05) is 26.7 Å². The zero-order valence-corrected chi connectivity index (χ0v) is 13.3. The number of hydrogen-bond donors (Lipinski definition) is 2. The Labute approximate surface area is 123 Å². The molecule has 0 radical (unpaired) electrons. The minimum Gasteiger partial charge on any atom is -0.352 e. The molecule has 20 heavy (non-hydrogen) atoms. The fraction of sp³-hybridized carbons (Fsp3) is 0.938. The molecule has 116 valence electrons. The van der Waals surface area contributed by atoms with Crippen molar-refractivity contribution in [1.29, 1.82) is 0 Å². The second kappa shape index (κ2) is 7.41. The molecular weight excluding hydrogens is 250 g/mol. The van der Waals surface area contributed by atoms with Gasteiger partial charge in [-0.1, -0.05) is 26.7 Å². The zero-order valence-electron chi connectivity index (χ0n) is 13.3. The molecule has 3 unspecified atom stereocenters. The lowest BCUT2D eigenvalue weighted by molar-refractivity contribution is -0.124. The van der Waals surface area contributed by atoms with Crippen molar-refractivity contribution in [2.24, 2.45) is 11.8 Å². The number of likely N-dealkylation sites (N-methyl/N-ethyl adjacent to an activating group) is 1. The fourth-order valence-corrected chi connectivity index (χ4v) is 3.64. The Morgan fingerprint density at radius 1 is 1.20 bits per heavy atom. The first-order chi connectivity index (χ1) is 9.58. The molecule has 2 aliphatic rings. The summed E-state index contributed by atoms with van der Waals surface area (Å²) < 4.78 is 0. The van der Waals surface area contributed by atoms with Gasteiger partial charge in [-0.25, -0.2) is 0 Å². The third kappa shape index (κ3) is 4.19. The van der Waals surface area contributed by atoms with E-state index in [-0.39, 0.29) is 5.91 Å². The van der Waals surface area contributed by atoms with Crippen LogP contribution in [0.4, 0.5) is 0 Å². The molecule has 2 N–H and O–H groups in total. The van der Waals surface area contributed by atoms with Gasteiger partial charge in [-0.05, 0) is 51.2 Å². The number of amides is 1. The average molecular weight is 281 g/mol. The first kappa shape index (κ1) is 15.8. The lowest BCUT2D eigenvalue weighted by Gasteiger charge is -2.36. The van der Waals surface area contributed by atoms with Gasteiger partial charge in [-0.2, -0.15) is 0 Å². The first-order valence-corrected chi connectivity index (χ1v) is 8.28. The number of rotatable bonds is 4.